The summed E-state index contributed by atoms with van der Waals surface area (Å²) >= 11 is 3.49. The summed E-state index contributed by atoms with van der Waals surface area (Å²) in [6.07, 6.45) is 1.01. The van der Waals surface area contributed by atoms with Crippen molar-refractivity contribution >= 4 is 21.6 Å². The number of anilines is 1. The molecule has 0 aliphatic heterocycles. The lowest BCUT2D eigenvalue weighted by Gasteiger charge is -2.12. The zero-order chi connectivity index (χ0) is 14.6. The Hall–Kier alpha value is -0.620. The van der Waals surface area contributed by atoms with Crippen molar-refractivity contribution in [3.05, 3.63) is 28.2 Å². The summed E-state index contributed by atoms with van der Waals surface area (Å²) in [7, 11) is 1.66. The van der Waals surface area contributed by atoms with Crippen LogP contribution in [-0.2, 0) is 20.6 Å². The van der Waals surface area contributed by atoms with Crippen molar-refractivity contribution in [2.45, 2.75) is 13.3 Å². The van der Waals surface area contributed by atoms with Crippen LogP contribution in [0, 0.1) is 0 Å². The zero-order valence-electron chi connectivity index (χ0n) is 12.3. The monoisotopic (exact) mass is 345 g/mol. The number of hydrogen-bond donors (Lipinski definition) is 1. The molecule has 0 fully saturated rings. The fourth-order valence-electron chi connectivity index (χ4n) is 1.75. The molecule has 1 rings (SSSR count). The van der Waals surface area contributed by atoms with E-state index in [4.69, 9.17) is 14.2 Å². The normalized spacial score (nSPS) is 10.8. The van der Waals surface area contributed by atoms with Crippen LogP contribution in [0.15, 0.2) is 22.7 Å². The van der Waals surface area contributed by atoms with Crippen LogP contribution >= 0.6 is 15.9 Å². The molecule has 20 heavy (non-hydrogen) atoms. The molecule has 0 amide bonds. The number of rotatable bonds is 11. The van der Waals surface area contributed by atoms with Crippen molar-refractivity contribution in [1.82, 2.24) is 0 Å². The lowest BCUT2D eigenvalue weighted by molar-refractivity contribution is 0.0272. The molecular formula is C15H24BrNO3. The molecule has 114 valence electrons. The minimum absolute atomic E-state index is 0.613. The second-order valence-corrected chi connectivity index (χ2v) is 5.22. The smallest absolute Gasteiger partial charge is 0.0701 e. The number of hydrogen-bond acceptors (Lipinski definition) is 4. The van der Waals surface area contributed by atoms with Gasteiger partial charge in [0.2, 0.25) is 0 Å². The lowest BCUT2D eigenvalue weighted by Crippen LogP contribution is -2.14. The quantitative estimate of drug-likeness (QED) is 0.625. The fraction of sp³-hybridized carbons (Fsp3) is 0.600. The molecule has 0 spiro atoms. The third-order valence-corrected chi connectivity index (χ3v) is 3.31. The van der Waals surface area contributed by atoms with Crippen molar-refractivity contribution in [1.29, 1.82) is 0 Å². The first-order chi connectivity index (χ1) is 9.77. The van der Waals surface area contributed by atoms with Gasteiger partial charge in [0.25, 0.3) is 0 Å². The molecule has 0 aliphatic rings. The molecule has 0 atom stereocenters. The number of ether oxygens (including phenoxy) is 3. The van der Waals surface area contributed by atoms with Crippen LogP contribution in [0.1, 0.15) is 12.5 Å². The Morgan fingerprint density at radius 1 is 1.05 bits per heavy atom. The molecule has 0 aliphatic carbocycles. The molecule has 5 heteroatoms. The molecule has 0 aromatic heterocycles. The maximum Gasteiger partial charge on any atom is 0.0701 e. The van der Waals surface area contributed by atoms with Crippen molar-refractivity contribution in [2.75, 3.05) is 52.0 Å². The fourth-order valence-corrected chi connectivity index (χ4v) is 2.16. The zero-order valence-corrected chi connectivity index (χ0v) is 13.9. The Bertz CT molecular complexity index is 374. The largest absolute Gasteiger partial charge is 0.383 e. The second-order valence-electron chi connectivity index (χ2n) is 4.30. The summed E-state index contributed by atoms with van der Waals surface area (Å²) in [5.74, 6) is 0. The van der Waals surface area contributed by atoms with Crippen molar-refractivity contribution in [3.63, 3.8) is 0 Å². The topological polar surface area (TPSA) is 39.7 Å². The van der Waals surface area contributed by atoms with Gasteiger partial charge in [-0.3, -0.25) is 0 Å². The summed E-state index contributed by atoms with van der Waals surface area (Å²) in [4.78, 5) is 0. The molecule has 0 saturated carbocycles. The van der Waals surface area contributed by atoms with Crippen LogP contribution in [0.5, 0.6) is 0 Å². The molecule has 0 bridgehead atoms. The van der Waals surface area contributed by atoms with Gasteiger partial charge in [0.05, 0.1) is 33.0 Å². The average molecular weight is 346 g/mol. The first-order valence-corrected chi connectivity index (χ1v) is 7.74. The van der Waals surface area contributed by atoms with E-state index in [1.807, 2.05) is 6.07 Å². The van der Waals surface area contributed by atoms with Gasteiger partial charge in [-0.1, -0.05) is 22.9 Å². The number of methoxy groups -OCH3 is 1. The molecule has 0 unspecified atom stereocenters. The van der Waals surface area contributed by atoms with Gasteiger partial charge in [-0.15, -0.1) is 0 Å². The van der Waals surface area contributed by atoms with Gasteiger partial charge in [-0.2, -0.15) is 0 Å². The Labute approximate surface area is 129 Å². The van der Waals surface area contributed by atoms with Crippen LogP contribution in [0.25, 0.3) is 0 Å². The molecule has 1 aromatic rings. The van der Waals surface area contributed by atoms with E-state index in [1.165, 1.54) is 11.3 Å². The highest BCUT2D eigenvalue weighted by atomic mass is 79.9. The van der Waals surface area contributed by atoms with E-state index < -0.39 is 0 Å². The molecule has 0 heterocycles. The number of benzene rings is 1. The minimum Gasteiger partial charge on any atom is -0.383 e. The predicted octanol–water partition coefficient (Wildman–Crippen LogP) is 3.10. The molecule has 1 aromatic carbocycles. The Balaban J connectivity index is 2.09. The summed E-state index contributed by atoms with van der Waals surface area (Å²) in [5.41, 5.74) is 2.48. The van der Waals surface area contributed by atoms with Gasteiger partial charge in [-0.05, 0) is 30.2 Å². The summed E-state index contributed by atoms with van der Waals surface area (Å²) in [6, 6.07) is 6.29. The van der Waals surface area contributed by atoms with Crippen LogP contribution < -0.4 is 5.32 Å². The van der Waals surface area contributed by atoms with Crippen molar-refractivity contribution < 1.29 is 14.2 Å². The number of aryl methyl sites for hydroxylation is 1. The predicted molar refractivity (Wildman–Crippen MR) is 85.5 cm³/mol. The number of halogens is 1. The molecule has 0 radical (unpaired) electrons. The lowest BCUT2D eigenvalue weighted by atomic mass is 10.1. The van der Waals surface area contributed by atoms with Crippen LogP contribution in [0.4, 0.5) is 5.69 Å². The second kappa shape index (κ2) is 11.1. The van der Waals surface area contributed by atoms with E-state index >= 15 is 0 Å². The van der Waals surface area contributed by atoms with E-state index in [2.05, 4.69) is 40.3 Å². The van der Waals surface area contributed by atoms with Gasteiger partial charge in [-0.25, -0.2) is 0 Å². The standard InChI is InChI=1S/C15H24BrNO3/c1-3-13-12-14(16)4-5-15(13)17-6-7-19-10-11-20-9-8-18-2/h4-5,12,17H,3,6-11H2,1-2H3. The first kappa shape index (κ1) is 17.4. The van der Waals surface area contributed by atoms with Gasteiger partial charge >= 0.3 is 0 Å². The maximum absolute atomic E-state index is 5.50. The summed E-state index contributed by atoms with van der Waals surface area (Å²) in [6.45, 7) is 6.11. The molecule has 4 nitrogen and oxygen atoms in total. The van der Waals surface area contributed by atoms with Crippen LogP contribution in [0.2, 0.25) is 0 Å². The van der Waals surface area contributed by atoms with Gasteiger partial charge in [0.1, 0.15) is 0 Å². The Kier molecular flexibility index (Phi) is 9.66. The maximum atomic E-state index is 5.50. The van der Waals surface area contributed by atoms with Crippen LogP contribution in [0.3, 0.4) is 0 Å². The van der Waals surface area contributed by atoms with E-state index in [0.29, 0.717) is 33.0 Å². The first-order valence-electron chi connectivity index (χ1n) is 6.94. The SMILES string of the molecule is CCc1cc(Br)ccc1NCCOCCOCCOC. The van der Waals surface area contributed by atoms with Crippen LogP contribution in [-0.4, -0.2) is 46.7 Å². The Morgan fingerprint density at radius 3 is 2.45 bits per heavy atom. The molecular weight excluding hydrogens is 322 g/mol. The summed E-state index contributed by atoms with van der Waals surface area (Å²) < 4.78 is 16.8. The third-order valence-electron chi connectivity index (χ3n) is 2.81. The summed E-state index contributed by atoms with van der Waals surface area (Å²) in [5, 5.41) is 3.40. The highest BCUT2D eigenvalue weighted by Crippen LogP contribution is 2.21. The van der Waals surface area contributed by atoms with Crippen molar-refractivity contribution in [3.8, 4) is 0 Å². The molecule has 0 saturated heterocycles. The highest BCUT2D eigenvalue weighted by Gasteiger charge is 2.00. The van der Waals surface area contributed by atoms with E-state index in [0.717, 1.165) is 17.4 Å². The third kappa shape index (κ3) is 7.24. The van der Waals surface area contributed by atoms with E-state index in [1.54, 1.807) is 7.11 Å². The highest BCUT2D eigenvalue weighted by molar-refractivity contribution is 9.10. The molecule has 1 N–H and O–H groups in total. The van der Waals surface area contributed by atoms with Gasteiger partial charge in [0, 0.05) is 23.8 Å². The van der Waals surface area contributed by atoms with E-state index in [9.17, 15) is 0 Å². The van der Waals surface area contributed by atoms with E-state index in [-0.39, 0.29) is 0 Å². The van der Waals surface area contributed by atoms with Crippen molar-refractivity contribution in [2.24, 2.45) is 0 Å². The average Bonchev–Trinajstić information content (AvgIpc) is 2.46. The minimum atomic E-state index is 0.613. The number of nitrogens with one attached hydrogen (secondary N) is 1. The Morgan fingerprint density at radius 2 is 1.75 bits per heavy atom. The van der Waals surface area contributed by atoms with Gasteiger partial charge in [0.15, 0.2) is 0 Å². The van der Waals surface area contributed by atoms with Gasteiger partial charge < -0.3 is 19.5 Å².